The van der Waals surface area contributed by atoms with E-state index in [1.54, 1.807) is 0 Å². The van der Waals surface area contributed by atoms with Gasteiger partial charge in [0.05, 0.1) is 12.5 Å². The van der Waals surface area contributed by atoms with Crippen LogP contribution in [0.5, 0.6) is 0 Å². The molecular formula is C28H33ClN2O. The molecule has 0 spiro atoms. The molecule has 4 heteroatoms. The van der Waals surface area contributed by atoms with Crippen molar-refractivity contribution < 1.29 is 4.79 Å². The maximum Gasteiger partial charge on any atom is 0.230 e. The van der Waals surface area contributed by atoms with Gasteiger partial charge in [-0.2, -0.15) is 0 Å². The number of halogens is 1. The highest BCUT2D eigenvalue weighted by molar-refractivity contribution is 6.30. The van der Waals surface area contributed by atoms with Crippen LogP contribution in [0.4, 0.5) is 0 Å². The molecule has 1 aliphatic carbocycles. The summed E-state index contributed by atoms with van der Waals surface area (Å²) in [6, 6.07) is 22.8. The molecule has 1 unspecified atom stereocenters. The maximum absolute atomic E-state index is 13.9. The largest absolute Gasteiger partial charge is 0.345 e. The van der Waals surface area contributed by atoms with Crippen molar-refractivity contribution in [2.45, 2.75) is 70.5 Å². The Labute approximate surface area is 197 Å². The van der Waals surface area contributed by atoms with Crippen LogP contribution in [0.2, 0.25) is 5.02 Å². The molecule has 0 radical (unpaired) electrons. The van der Waals surface area contributed by atoms with Gasteiger partial charge in [-0.25, -0.2) is 0 Å². The van der Waals surface area contributed by atoms with Crippen LogP contribution >= 0.6 is 11.6 Å². The van der Waals surface area contributed by atoms with E-state index in [9.17, 15) is 4.79 Å². The summed E-state index contributed by atoms with van der Waals surface area (Å²) in [5.41, 5.74) is 3.46. The average Bonchev–Trinajstić information content (AvgIpc) is 3.25. The Morgan fingerprint density at radius 2 is 1.81 bits per heavy atom. The lowest BCUT2D eigenvalue weighted by atomic mass is 9.90. The monoisotopic (exact) mass is 448 g/mol. The topological polar surface area (TPSA) is 25.2 Å². The molecule has 1 aliphatic rings. The van der Waals surface area contributed by atoms with Gasteiger partial charge in [-0.15, -0.1) is 0 Å². The van der Waals surface area contributed by atoms with Gasteiger partial charge >= 0.3 is 0 Å². The minimum Gasteiger partial charge on any atom is -0.345 e. The molecule has 1 fully saturated rings. The zero-order valence-corrected chi connectivity index (χ0v) is 19.7. The van der Waals surface area contributed by atoms with Gasteiger partial charge in [0.2, 0.25) is 5.91 Å². The number of benzene rings is 2. The smallest absolute Gasteiger partial charge is 0.230 e. The van der Waals surface area contributed by atoms with Crippen LogP contribution < -0.4 is 0 Å². The minimum atomic E-state index is -0.0885. The summed E-state index contributed by atoms with van der Waals surface area (Å²) in [6.07, 6.45) is 8.82. The lowest BCUT2D eigenvalue weighted by Crippen LogP contribution is -2.43. The number of amides is 1. The van der Waals surface area contributed by atoms with E-state index in [1.165, 1.54) is 30.5 Å². The number of hydrogen-bond acceptors (Lipinski definition) is 1. The molecule has 3 nitrogen and oxygen atoms in total. The second kappa shape index (κ2) is 10.9. The van der Waals surface area contributed by atoms with Crippen LogP contribution in [0, 0.1) is 0 Å². The number of carbonyl (C=O) groups excluding carboxylic acids is 1. The fraction of sp³-hybridized carbons (Fsp3) is 0.393. The van der Waals surface area contributed by atoms with Crippen molar-refractivity contribution >= 4 is 17.5 Å². The third-order valence-electron chi connectivity index (χ3n) is 6.70. The van der Waals surface area contributed by atoms with Crippen LogP contribution in [-0.4, -0.2) is 21.4 Å². The van der Waals surface area contributed by atoms with Crippen LogP contribution in [0.3, 0.4) is 0 Å². The van der Waals surface area contributed by atoms with E-state index < -0.39 is 0 Å². The Balaban J connectivity index is 1.59. The Bertz CT molecular complexity index is 1010. The Kier molecular flexibility index (Phi) is 7.70. The summed E-state index contributed by atoms with van der Waals surface area (Å²) in [5.74, 6) is 0.176. The molecule has 0 aliphatic heterocycles. The molecule has 1 amide bonds. The van der Waals surface area contributed by atoms with E-state index in [0.717, 1.165) is 36.4 Å². The molecule has 3 aromatic rings. The molecule has 1 saturated carbocycles. The first-order valence-corrected chi connectivity index (χ1v) is 12.3. The molecule has 168 valence electrons. The maximum atomic E-state index is 13.9. The van der Waals surface area contributed by atoms with Gasteiger partial charge in [0.1, 0.15) is 0 Å². The lowest BCUT2D eigenvalue weighted by molar-refractivity contribution is -0.136. The van der Waals surface area contributed by atoms with Crippen LogP contribution in [-0.2, 0) is 17.9 Å². The van der Waals surface area contributed by atoms with Gasteiger partial charge < -0.3 is 9.47 Å². The van der Waals surface area contributed by atoms with Crippen molar-refractivity contribution in [2.75, 3.05) is 0 Å². The predicted octanol–water partition coefficient (Wildman–Crippen LogP) is 7.04. The highest BCUT2D eigenvalue weighted by Gasteiger charge is 2.31. The van der Waals surface area contributed by atoms with Crippen molar-refractivity contribution in [1.82, 2.24) is 9.47 Å². The predicted molar refractivity (Wildman–Crippen MR) is 132 cm³/mol. The highest BCUT2D eigenvalue weighted by atomic mass is 35.5. The molecule has 1 aromatic heterocycles. The molecule has 1 heterocycles. The zero-order chi connectivity index (χ0) is 22.3. The van der Waals surface area contributed by atoms with Crippen LogP contribution in [0.15, 0.2) is 72.9 Å². The van der Waals surface area contributed by atoms with Crippen molar-refractivity contribution in [3.05, 3.63) is 94.8 Å². The van der Waals surface area contributed by atoms with Crippen molar-refractivity contribution in [3.8, 4) is 0 Å². The Morgan fingerprint density at radius 1 is 1.03 bits per heavy atom. The number of hydrogen-bond donors (Lipinski definition) is 0. The van der Waals surface area contributed by atoms with E-state index in [-0.39, 0.29) is 11.8 Å². The molecule has 0 N–H and O–H groups in total. The molecule has 0 bridgehead atoms. The summed E-state index contributed by atoms with van der Waals surface area (Å²) >= 11 is 6.20. The van der Waals surface area contributed by atoms with Crippen molar-refractivity contribution in [3.63, 3.8) is 0 Å². The van der Waals surface area contributed by atoms with Gasteiger partial charge in [-0.1, -0.05) is 80.3 Å². The molecular weight excluding hydrogens is 416 g/mol. The minimum absolute atomic E-state index is 0.0885. The summed E-state index contributed by atoms with van der Waals surface area (Å²) < 4.78 is 2.25. The SMILES string of the molecule is CCC(C(=O)N(Cc1cccn1Cc1cccc(Cl)c1)C1CCCCC1)c1ccccc1. The summed E-state index contributed by atoms with van der Waals surface area (Å²) in [4.78, 5) is 16.1. The van der Waals surface area contributed by atoms with Crippen LogP contribution in [0.25, 0.3) is 0 Å². The normalized spacial score (nSPS) is 15.4. The van der Waals surface area contributed by atoms with E-state index >= 15 is 0 Å². The molecule has 4 rings (SSSR count). The summed E-state index contributed by atoms with van der Waals surface area (Å²) in [6.45, 7) is 3.53. The fourth-order valence-electron chi connectivity index (χ4n) is 4.97. The third-order valence-corrected chi connectivity index (χ3v) is 6.94. The number of nitrogens with zero attached hydrogens (tertiary/aromatic N) is 2. The number of rotatable bonds is 8. The third kappa shape index (κ3) is 5.45. The standard InChI is InChI=1S/C28H33ClN2O/c1-2-27(23-12-5-3-6-13-23)28(32)31(25-15-7-4-8-16-25)21-26-17-10-18-30(26)20-22-11-9-14-24(29)19-22/h3,5-6,9-14,17-19,25,27H,2,4,7-8,15-16,20-21H2,1H3. The number of aromatic nitrogens is 1. The van der Waals surface area contributed by atoms with Gasteiger partial charge in [-0.3, -0.25) is 4.79 Å². The quantitative estimate of drug-likeness (QED) is 0.362. The van der Waals surface area contributed by atoms with Gasteiger partial charge in [0, 0.05) is 29.5 Å². The number of carbonyl (C=O) groups is 1. The summed E-state index contributed by atoms with van der Waals surface area (Å²) in [7, 11) is 0. The van der Waals surface area contributed by atoms with E-state index in [0.29, 0.717) is 12.6 Å². The average molecular weight is 449 g/mol. The van der Waals surface area contributed by atoms with Gasteiger partial charge in [-0.05, 0) is 54.7 Å². The molecule has 2 aromatic carbocycles. The Hall–Kier alpha value is -2.52. The first kappa shape index (κ1) is 22.7. The zero-order valence-electron chi connectivity index (χ0n) is 18.9. The molecule has 0 saturated heterocycles. The first-order valence-electron chi connectivity index (χ1n) is 11.9. The highest BCUT2D eigenvalue weighted by Crippen LogP contribution is 2.30. The Morgan fingerprint density at radius 3 is 2.53 bits per heavy atom. The van der Waals surface area contributed by atoms with E-state index in [4.69, 9.17) is 11.6 Å². The first-order chi connectivity index (χ1) is 15.7. The second-order valence-electron chi connectivity index (χ2n) is 8.89. The van der Waals surface area contributed by atoms with Crippen molar-refractivity contribution in [2.24, 2.45) is 0 Å². The van der Waals surface area contributed by atoms with Crippen molar-refractivity contribution in [1.29, 1.82) is 0 Å². The molecule has 32 heavy (non-hydrogen) atoms. The molecule has 1 atom stereocenters. The van der Waals surface area contributed by atoms with E-state index in [2.05, 4.69) is 52.9 Å². The van der Waals surface area contributed by atoms with Crippen LogP contribution in [0.1, 0.15) is 68.2 Å². The second-order valence-corrected chi connectivity index (χ2v) is 9.32. The van der Waals surface area contributed by atoms with E-state index in [1.807, 2.05) is 36.4 Å². The van der Waals surface area contributed by atoms with Gasteiger partial charge in [0.25, 0.3) is 0 Å². The van der Waals surface area contributed by atoms with Gasteiger partial charge in [0.15, 0.2) is 0 Å². The fourth-order valence-corrected chi connectivity index (χ4v) is 5.18. The lowest BCUT2D eigenvalue weighted by Gasteiger charge is -2.37. The summed E-state index contributed by atoms with van der Waals surface area (Å²) in [5, 5.41) is 0.754.